The Kier molecular flexibility index (Phi) is 3.86. The summed E-state index contributed by atoms with van der Waals surface area (Å²) in [4.78, 5) is 1.82. The van der Waals surface area contributed by atoms with E-state index in [9.17, 15) is 0 Å². The summed E-state index contributed by atoms with van der Waals surface area (Å²) >= 11 is 8.96. The second-order valence-electron chi connectivity index (χ2n) is 4.62. The number of hydrogen-bond donors (Lipinski definition) is 2. The lowest BCUT2D eigenvalue weighted by molar-refractivity contribution is 1.27. The van der Waals surface area contributed by atoms with Gasteiger partial charge in [-0.1, -0.05) is 66.7 Å². The van der Waals surface area contributed by atoms with E-state index in [0.717, 1.165) is 20.9 Å². The van der Waals surface area contributed by atoms with Crippen LogP contribution in [0.4, 0.5) is 0 Å². The summed E-state index contributed by atoms with van der Waals surface area (Å²) in [6.07, 6.45) is 0. The molecule has 0 aliphatic heterocycles. The maximum absolute atomic E-state index is 4.54. The summed E-state index contributed by atoms with van der Waals surface area (Å²) in [6, 6.07) is 24.9. The fourth-order valence-corrected chi connectivity index (χ4v) is 2.72. The van der Waals surface area contributed by atoms with Crippen molar-refractivity contribution in [3.8, 4) is 22.3 Å². The minimum Gasteiger partial charge on any atom is -0.142 e. The van der Waals surface area contributed by atoms with Crippen LogP contribution in [-0.4, -0.2) is 0 Å². The Morgan fingerprint density at radius 1 is 0.500 bits per heavy atom. The first-order chi connectivity index (χ1) is 9.75. The lowest BCUT2D eigenvalue weighted by atomic mass is 10.0. The van der Waals surface area contributed by atoms with Crippen molar-refractivity contribution >= 4 is 25.3 Å². The first kappa shape index (κ1) is 13.3. The van der Waals surface area contributed by atoms with Gasteiger partial charge in [0.25, 0.3) is 0 Å². The van der Waals surface area contributed by atoms with Crippen LogP contribution in [0.2, 0.25) is 0 Å². The molecule has 3 aromatic rings. The molecule has 0 saturated carbocycles. The molecule has 0 atom stereocenters. The Balaban J connectivity index is 2.00. The second-order valence-corrected chi connectivity index (χ2v) is 5.55. The van der Waals surface area contributed by atoms with Gasteiger partial charge in [-0.3, -0.25) is 0 Å². The highest BCUT2D eigenvalue weighted by molar-refractivity contribution is 7.83. The van der Waals surface area contributed by atoms with Crippen LogP contribution in [-0.2, 0) is 0 Å². The SMILES string of the molecule is Sc1cccc(-c2ccc(-c3ccccc3)cc2)c1S. The molecule has 0 N–H and O–H groups in total. The first-order valence-corrected chi connectivity index (χ1v) is 7.32. The quantitative estimate of drug-likeness (QED) is 0.565. The highest BCUT2D eigenvalue weighted by atomic mass is 32.1. The van der Waals surface area contributed by atoms with Gasteiger partial charge in [-0.05, 0) is 28.3 Å². The highest BCUT2D eigenvalue weighted by Gasteiger charge is 2.05. The first-order valence-electron chi connectivity index (χ1n) is 6.42. The Bertz CT molecular complexity index is 716. The molecule has 0 aromatic heterocycles. The Hall–Kier alpha value is -1.64. The number of benzene rings is 3. The normalized spacial score (nSPS) is 10.5. The molecule has 0 radical (unpaired) electrons. The lowest BCUT2D eigenvalue weighted by Gasteiger charge is -2.08. The van der Waals surface area contributed by atoms with Crippen LogP contribution >= 0.6 is 25.3 Å². The van der Waals surface area contributed by atoms with Gasteiger partial charge in [0.2, 0.25) is 0 Å². The van der Waals surface area contributed by atoms with Crippen molar-refractivity contribution in [3.05, 3.63) is 72.8 Å². The summed E-state index contributed by atoms with van der Waals surface area (Å²) < 4.78 is 0. The molecule has 0 aliphatic carbocycles. The number of hydrogen-bond acceptors (Lipinski definition) is 2. The maximum atomic E-state index is 4.54. The van der Waals surface area contributed by atoms with E-state index in [1.54, 1.807) is 0 Å². The fraction of sp³-hybridized carbons (Fsp3) is 0. The number of rotatable bonds is 2. The standard InChI is InChI=1S/C18H14S2/c19-17-8-4-7-16(18(17)20)15-11-9-14(10-12-15)13-5-2-1-3-6-13/h1-12,19-20H. The molecule has 98 valence electrons. The van der Waals surface area contributed by atoms with E-state index >= 15 is 0 Å². The molecule has 0 unspecified atom stereocenters. The predicted octanol–water partition coefficient (Wildman–Crippen LogP) is 5.60. The molecule has 0 fully saturated rings. The van der Waals surface area contributed by atoms with Crippen molar-refractivity contribution in [2.45, 2.75) is 9.79 Å². The van der Waals surface area contributed by atoms with Gasteiger partial charge in [0.15, 0.2) is 0 Å². The van der Waals surface area contributed by atoms with Crippen LogP contribution in [0.1, 0.15) is 0 Å². The van der Waals surface area contributed by atoms with Gasteiger partial charge in [0.1, 0.15) is 0 Å². The molecule has 3 rings (SSSR count). The van der Waals surface area contributed by atoms with Crippen molar-refractivity contribution in [2.24, 2.45) is 0 Å². The predicted molar refractivity (Wildman–Crippen MR) is 91.8 cm³/mol. The molecule has 0 bridgehead atoms. The highest BCUT2D eigenvalue weighted by Crippen LogP contribution is 2.32. The van der Waals surface area contributed by atoms with Crippen molar-refractivity contribution in [1.82, 2.24) is 0 Å². The van der Waals surface area contributed by atoms with Gasteiger partial charge in [-0.2, -0.15) is 0 Å². The van der Waals surface area contributed by atoms with E-state index in [4.69, 9.17) is 0 Å². The molecule has 0 aliphatic rings. The third kappa shape index (κ3) is 2.62. The van der Waals surface area contributed by atoms with Crippen LogP contribution in [0, 0.1) is 0 Å². The third-order valence-electron chi connectivity index (χ3n) is 3.32. The molecular weight excluding hydrogens is 280 g/mol. The summed E-state index contributed by atoms with van der Waals surface area (Å²) in [5.74, 6) is 0. The van der Waals surface area contributed by atoms with Crippen LogP contribution in [0.25, 0.3) is 22.3 Å². The molecule has 0 amide bonds. The van der Waals surface area contributed by atoms with Crippen LogP contribution < -0.4 is 0 Å². The zero-order valence-electron chi connectivity index (χ0n) is 10.8. The van der Waals surface area contributed by atoms with E-state index < -0.39 is 0 Å². The summed E-state index contributed by atoms with van der Waals surface area (Å²) in [5.41, 5.74) is 4.72. The average molecular weight is 294 g/mol. The largest absolute Gasteiger partial charge is 0.142 e. The Morgan fingerprint density at radius 3 is 1.80 bits per heavy atom. The van der Waals surface area contributed by atoms with Crippen molar-refractivity contribution in [3.63, 3.8) is 0 Å². The van der Waals surface area contributed by atoms with Gasteiger partial charge in [-0.25, -0.2) is 0 Å². The van der Waals surface area contributed by atoms with Crippen molar-refractivity contribution in [1.29, 1.82) is 0 Å². The molecule has 3 aromatic carbocycles. The lowest BCUT2D eigenvalue weighted by Crippen LogP contribution is -1.83. The van der Waals surface area contributed by atoms with Crippen LogP contribution in [0.15, 0.2) is 82.6 Å². The third-order valence-corrected chi connectivity index (χ3v) is 4.35. The molecule has 2 heteroatoms. The van der Waals surface area contributed by atoms with E-state index in [-0.39, 0.29) is 0 Å². The van der Waals surface area contributed by atoms with Gasteiger partial charge in [0, 0.05) is 9.79 Å². The Morgan fingerprint density at radius 2 is 1.10 bits per heavy atom. The Labute approximate surface area is 130 Å². The molecule has 0 nitrogen and oxygen atoms in total. The summed E-state index contributed by atoms with van der Waals surface area (Å²) in [5, 5.41) is 0. The van der Waals surface area contributed by atoms with Gasteiger partial charge in [0.05, 0.1) is 0 Å². The molecular formula is C18H14S2. The molecule has 0 spiro atoms. The van der Waals surface area contributed by atoms with E-state index in [1.807, 2.05) is 18.2 Å². The summed E-state index contributed by atoms with van der Waals surface area (Å²) in [6.45, 7) is 0. The maximum Gasteiger partial charge on any atom is 0.0253 e. The summed E-state index contributed by atoms with van der Waals surface area (Å²) in [7, 11) is 0. The van der Waals surface area contributed by atoms with Gasteiger partial charge in [-0.15, -0.1) is 25.3 Å². The van der Waals surface area contributed by atoms with E-state index in [1.165, 1.54) is 11.1 Å². The van der Waals surface area contributed by atoms with Gasteiger partial charge >= 0.3 is 0 Å². The molecule has 0 saturated heterocycles. The minimum atomic E-state index is 0.901. The van der Waals surface area contributed by atoms with E-state index in [2.05, 4.69) is 79.9 Å². The smallest absolute Gasteiger partial charge is 0.0253 e. The van der Waals surface area contributed by atoms with Crippen LogP contribution in [0.3, 0.4) is 0 Å². The fourth-order valence-electron chi connectivity index (χ4n) is 2.24. The van der Waals surface area contributed by atoms with Gasteiger partial charge < -0.3 is 0 Å². The zero-order chi connectivity index (χ0) is 13.9. The van der Waals surface area contributed by atoms with E-state index in [0.29, 0.717) is 0 Å². The number of thiol groups is 2. The van der Waals surface area contributed by atoms with Crippen molar-refractivity contribution < 1.29 is 0 Å². The zero-order valence-corrected chi connectivity index (χ0v) is 12.6. The van der Waals surface area contributed by atoms with Crippen molar-refractivity contribution in [2.75, 3.05) is 0 Å². The average Bonchev–Trinajstić information content (AvgIpc) is 2.51. The topological polar surface area (TPSA) is 0 Å². The minimum absolute atomic E-state index is 0.901. The molecule has 0 heterocycles. The second kappa shape index (κ2) is 5.78. The monoisotopic (exact) mass is 294 g/mol. The molecule has 20 heavy (non-hydrogen) atoms. The van der Waals surface area contributed by atoms with Crippen LogP contribution in [0.5, 0.6) is 0 Å².